The number of allylic oxidation sites excluding steroid dienone is 1. The lowest BCUT2D eigenvalue weighted by atomic mass is 9.86. The summed E-state index contributed by atoms with van der Waals surface area (Å²) in [5, 5.41) is 0. The van der Waals surface area contributed by atoms with Crippen molar-refractivity contribution in [1.29, 1.82) is 0 Å². The fraction of sp³-hybridized carbons (Fsp3) is 0.263. The van der Waals surface area contributed by atoms with Crippen LogP contribution in [0.15, 0.2) is 48.5 Å². The normalized spacial score (nSPS) is 17.2. The summed E-state index contributed by atoms with van der Waals surface area (Å²) >= 11 is 0. The Morgan fingerprint density at radius 3 is 2.47 bits per heavy atom. The minimum atomic E-state index is 0.573. The van der Waals surface area contributed by atoms with Gasteiger partial charge in [0.15, 0.2) is 0 Å². The van der Waals surface area contributed by atoms with Crippen molar-refractivity contribution in [1.82, 2.24) is 0 Å². The highest BCUT2D eigenvalue weighted by Crippen LogP contribution is 2.45. The summed E-state index contributed by atoms with van der Waals surface area (Å²) in [7, 11) is 0. The topological polar surface area (TPSA) is 0 Å². The lowest BCUT2D eigenvalue weighted by Crippen LogP contribution is -2.00. The van der Waals surface area contributed by atoms with Crippen LogP contribution in [0.4, 0.5) is 0 Å². The molecule has 96 valence electrons. The van der Waals surface area contributed by atoms with Gasteiger partial charge in [-0.1, -0.05) is 68.0 Å². The predicted molar refractivity (Wildman–Crippen MR) is 83.1 cm³/mol. The van der Waals surface area contributed by atoms with Gasteiger partial charge in [0.05, 0.1) is 0 Å². The van der Waals surface area contributed by atoms with E-state index < -0.39 is 0 Å². The van der Waals surface area contributed by atoms with Crippen LogP contribution >= 0.6 is 0 Å². The standard InChI is InChI=1S/C19H20/c1-3-8-17-18(15-10-5-4-6-11-15)13-16-12-7-9-14(2)19(16)17/h4-7,9-13,17H,3,8H2,1-2H3. The van der Waals surface area contributed by atoms with Crippen LogP contribution in [0.25, 0.3) is 11.6 Å². The number of hydrogen-bond donors (Lipinski definition) is 0. The molecule has 0 spiro atoms. The molecule has 0 N–H and O–H groups in total. The average molecular weight is 248 g/mol. The molecule has 0 saturated heterocycles. The summed E-state index contributed by atoms with van der Waals surface area (Å²) in [6.45, 7) is 4.52. The third-order valence-corrected chi connectivity index (χ3v) is 4.08. The molecule has 0 amide bonds. The molecule has 0 heteroatoms. The second-order valence-electron chi connectivity index (χ2n) is 5.38. The molecule has 1 atom stereocenters. The zero-order valence-electron chi connectivity index (χ0n) is 11.7. The van der Waals surface area contributed by atoms with Crippen molar-refractivity contribution >= 4 is 11.6 Å². The van der Waals surface area contributed by atoms with Gasteiger partial charge in [-0.15, -0.1) is 0 Å². The third kappa shape index (κ3) is 2.12. The summed E-state index contributed by atoms with van der Waals surface area (Å²) in [5.74, 6) is 0.573. The van der Waals surface area contributed by atoms with Crippen molar-refractivity contribution < 1.29 is 0 Å². The summed E-state index contributed by atoms with van der Waals surface area (Å²) in [6, 6.07) is 17.5. The number of hydrogen-bond acceptors (Lipinski definition) is 0. The van der Waals surface area contributed by atoms with Gasteiger partial charge in [0, 0.05) is 5.92 Å². The van der Waals surface area contributed by atoms with Crippen LogP contribution in [0.2, 0.25) is 0 Å². The number of benzene rings is 2. The minimum absolute atomic E-state index is 0.573. The van der Waals surface area contributed by atoms with E-state index in [1.807, 2.05) is 0 Å². The van der Waals surface area contributed by atoms with Crippen LogP contribution in [0, 0.1) is 6.92 Å². The Balaban J connectivity index is 2.10. The van der Waals surface area contributed by atoms with Gasteiger partial charge in [0.25, 0.3) is 0 Å². The molecular weight excluding hydrogens is 228 g/mol. The fourth-order valence-electron chi connectivity index (χ4n) is 3.23. The molecule has 2 aromatic carbocycles. The molecule has 0 saturated carbocycles. The van der Waals surface area contributed by atoms with E-state index in [4.69, 9.17) is 0 Å². The molecule has 1 aliphatic rings. The maximum absolute atomic E-state index is 2.39. The Bertz CT molecular complexity index is 605. The smallest absolute Gasteiger partial charge is 0.0104 e. The Hall–Kier alpha value is -1.82. The molecule has 2 aromatic rings. The van der Waals surface area contributed by atoms with Crippen molar-refractivity contribution in [3.05, 3.63) is 70.8 Å². The number of aryl methyl sites for hydroxylation is 1. The van der Waals surface area contributed by atoms with Gasteiger partial charge in [-0.25, -0.2) is 0 Å². The first kappa shape index (κ1) is 12.2. The third-order valence-electron chi connectivity index (χ3n) is 4.08. The van der Waals surface area contributed by atoms with Crippen LogP contribution < -0.4 is 0 Å². The highest BCUT2D eigenvalue weighted by Gasteiger charge is 2.26. The van der Waals surface area contributed by atoms with Crippen LogP contribution in [0.1, 0.15) is 47.9 Å². The maximum Gasteiger partial charge on any atom is 0.0104 e. The lowest BCUT2D eigenvalue weighted by molar-refractivity contribution is 0.733. The summed E-state index contributed by atoms with van der Waals surface area (Å²) in [5.41, 5.74) is 7.25. The summed E-state index contributed by atoms with van der Waals surface area (Å²) < 4.78 is 0. The van der Waals surface area contributed by atoms with Crippen molar-refractivity contribution in [2.75, 3.05) is 0 Å². The first-order chi connectivity index (χ1) is 9.31. The molecule has 0 aromatic heterocycles. The fourth-order valence-corrected chi connectivity index (χ4v) is 3.23. The van der Waals surface area contributed by atoms with Crippen LogP contribution in [-0.2, 0) is 0 Å². The van der Waals surface area contributed by atoms with Crippen molar-refractivity contribution in [3.8, 4) is 0 Å². The van der Waals surface area contributed by atoms with Gasteiger partial charge in [-0.3, -0.25) is 0 Å². The van der Waals surface area contributed by atoms with Gasteiger partial charge < -0.3 is 0 Å². The van der Waals surface area contributed by atoms with Crippen molar-refractivity contribution in [2.45, 2.75) is 32.6 Å². The molecule has 0 aliphatic heterocycles. The predicted octanol–water partition coefficient (Wildman–Crippen LogP) is 5.43. The number of fused-ring (bicyclic) bond motifs is 1. The van der Waals surface area contributed by atoms with E-state index >= 15 is 0 Å². The molecule has 19 heavy (non-hydrogen) atoms. The number of rotatable bonds is 3. The van der Waals surface area contributed by atoms with E-state index in [0.29, 0.717) is 5.92 Å². The van der Waals surface area contributed by atoms with Crippen LogP contribution in [-0.4, -0.2) is 0 Å². The molecular formula is C19H20. The second kappa shape index (κ2) is 5.05. The monoisotopic (exact) mass is 248 g/mol. The first-order valence-corrected chi connectivity index (χ1v) is 7.17. The van der Waals surface area contributed by atoms with Gasteiger partial charge in [0.1, 0.15) is 0 Å². The zero-order valence-corrected chi connectivity index (χ0v) is 11.7. The Kier molecular flexibility index (Phi) is 3.25. The van der Waals surface area contributed by atoms with E-state index in [1.54, 1.807) is 5.56 Å². The van der Waals surface area contributed by atoms with E-state index in [-0.39, 0.29) is 0 Å². The van der Waals surface area contributed by atoms with E-state index in [9.17, 15) is 0 Å². The van der Waals surface area contributed by atoms with Gasteiger partial charge >= 0.3 is 0 Å². The molecule has 1 unspecified atom stereocenters. The SMILES string of the molecule is CCCC1C(c2ccccc2)=Cc2cccc(C)c21. The lowest BCUT2D eigenvalue weighted by Gasteiger charge is -2.18. The van der Waals surface area contributed by atoms with E-state index in [0.717, 1.165) is 0 Å². The Labute approximate surface area is 115 Å². The van der Waals surface area contributed by atoms with Gasteiger partial charge in [-0.2, -0.15) is 0 Å². The highest BCUT2D eigenvalue weighted by molar-refractivity contribution is 5.92. The first-order valence-electron chi connectivity index (χ1n) is 7.17. The quantitative estimate of drug-likeness (QED) is 0.679. The van der Waals surface area contributed by atoms with Crippen LogP contribution in [0.5, 0.6) is 0 Å². The Morgan fingerprint density at radius 1 is 0.947 bits per heavy atom. The van der Waals surface area contributed by atoms with Crippen molar-refractivity contribution in [3.63, 3.8) is 0 Å². The molecule has 0 bridgehead atoms. The molecule has 1 aliphatic carbocycles. The zero-order chi connectivity index (χ0) is 13.2. The maximum atomic E-state index is 2.39. The molecule has 3 rings (SSSR count). The minimum Gasteiger partial charge on any atom is -0.0653 e. The Morgan fingerprint density at radius 2 is 1.74 bits per heavy atom. The second-order valence-corrected chi connectivity index (χ2v) is 5.38. The summed E-state index contributed by atoms with van der Waals surface area (Å²) in [4.78, 5) is 0. The van der Waals surface area contributed by atoms with Gasteiger partial charge in [-0.05, 0) is 41.2 Å². The van der Waals surface area contributed by atoms with E-state index in [1.165, 1.54) is 35.1 Å². The summed E-state index contributed by atoms with van der Waals surface area (Å²) in [6.07, 6.45) is 4.85. The average Bonchev–Trinajstić information content (AvgIpc) is 2.81. The van der Waals surface area contributed by atoms with Crippen molar-refractivity contribution in [2.24, 2.45) is 0 Å². The molecule has 0 fully saturated rings. The largest absolute Gasteiger partial charge is 0.0653 e. The van der Waals surface area contributed by atoms with Crippen LogP contribution in [0.3, 0.4) is 0 Å². The molecule has 0 radical (unpaired) electrons. The highest BCUT2D eigenvalue weighted by atomic mass is 14.3. The molecule has 0 heterocycles. The molecule has 0 nitrogen and oxygen atoms in total. The van der Waals surface area contributed by atoms with Gasteiger partial charge in [0.2, 0.25) is 0 Å². The van der Waals surface area contributed by atoms with E-state index in [2.05, 4.69) is 68.5 Å².